The molecule has 0 rings (SSSR count). The van der Waals surface area contributed by atoms with Gasteiger partial charge in [0.05, 0.1) is 0 Å². The quantitative estimate of drug-likeness (QED) is 0.149. The second-order valence-electron chi connectivity index (χ2n) is 11.1. The molecule has 0 bridgehead atoms. The summed E-state index contributed by atoms with van der Waals surface area (Å²) >= 11 is -7.30. The maximum absolute atomic E-state index is 13.0. The van der Waals surface area contributed by atoms with E-state index in [9.17, 15) is 9.59 Å². The van der Waals surface area contributed by atoms with Crippen LogP contribution in [-0.4, -0.2) is 50.3 Å². The summed E-state index contributed by atoms with van der Waals surface area (Å²) in [6.45, 7) is 18.4. The van der Waals surface area contributed by atoms with E-state index in [-0.39, 0.29) is 11.9 Å². The van der Waals surface area contributed by atoms with Gasteiger partial charge in [-0.05, 0) is 0 Å². The molecule has 0 aliphatic rings. The topological polar surface area (TPSA) is 61.8 Å². The van der Waals surface area contributed by atoms with Crippen LogP contribution in [0.4, 0.5) is 0 Å². The Morgan fingerprint density at radius 1 is 0.806 bits per heavy atom. The summed E-state index contributed by atoms with van der Waals surface area (Å²) in [5.74, 6) is 0.498. The van der Waals surface area contributed by atoms with Gasteiger partial charge in [-0.3, -0.25) is 0 Å². The molecule has 0 amide bonds. The Morgan fingerprint density at radius 3 is 1.45 bits per heavy atom. The van der Waals surface area contributed by atoms with E-state index in [1.165, 1.54) is 0 Å². The van der Waals surface area contributed by atoms with Crippen LogP contribution in [-0.2, 0) is 17.1 Å². The van der Waals surface area contributed by atoms with Crippen molar-refractivity contribution in [3.05, 3.63) is 6.92 Å². The molecular formula is C24H49O5Sn2+. The van der Waals surface area contributed by atoms with Crippen LogP contribution in [0.2, 0.25) is 19.8 Å². The number of hydrogen-bond donors (Lipinski definition) is 0. The fourth-order valence-electron chi connectivity index (χ4n) is 3.35. The maximum atomic E-state index is 13.0. The minimum absolute atomic E-state index is 0.160. The Bertz CT molecular complexity index is 539. The van der Waals surface area contributed by atoms with Gasteiger partial charge in [-0.2, -0.15) is 0 Å². The minimum atomic E-state index is -3.65. The third-order valence-corrected chi connectivity index (χ3v) is 31.7. The second kappa shape index (κ2) is 12.7. The predicted octanol–water partition coefficient (Wildman–Crippen LogP) is 7.01. The first-order chi connectivity index (χ1) is 13.9. The molecule has 0 fully saturated rings. The molecule has 3 unspecified atom stereocenters. The van der Waals surface area contributed by atoms with Crippen molar-refractivity contribution in [2.24, 2.45) is 22.7 Å². The van der Waals surface area contributed by atoms with Crippen LogP contribution in [0, 0.1) is 29.6 Å². The van der Waals surface area contributed by atoms with E-state index in [0.717, 1.165) is 32.1 Å². The molecular weight excluding hydrogens is 606 g/mol. The van der Waals surface area contributed by atoms with Crippen LogP contribution in [0.5, 0.6) is 0 Å². The number of hydrogen-bond acceptors (Lipinski definition) is 5. The Kier molecular flexibility index (Phi) is 12.9. The van der Waals surface area contributed by atoms with Crippen LogP contribution in [0.25, 0.3) is 0 Å². The van der Waals surface area contributed by atoms with Crippen LogP contribution in [0.1, 0.15) is 87.0 Å². The zero-order chi connectivity index (χ0) is 24.7. The molecule has 31 heavy (non-hydrogen) atoms. The van der Waals surface area contributed by atoms with Gasteiger partial charge in [0, 0.05) is 0 Å². The Morgan fingerprint density at radius 2 is 1.16 bits per heavy atom. The van der Waals surface area contributed by atoms with Gasteiger partial charge in [0.2, 0.25) is 0 Å². The summed E-state index contributed by atoms with van der Waals surface area (Å²) in [6, 6.07) is 0. The van der Waals surface area contributed by atoms with E-state index in [1.54, 1.807) is 0 Å². The molecule has 0 aromatic carbocycles. The average Bonchev–Trinajstić information content (AvgIpc) is 2.61. The van der Waals surface area contributed by atoms with Gasteiger partial charge in [-0.1, -0.05) is 0 Å². The predicted molar refractivity (Wildman–Crippen MR) is 133 cm³/mol. The van der Waals surface area contributed by atoms with E-state index in [4.69, 9.17) is 7.56 Å². The summed E-state index contributed by atoms with van der Waals surface area (Å²) in [7, 11) is 0. The van der Waals surface area contributed by atoms with Gasteiger partial charge >= 0.3 is 204 Å². The molecule has 0 aliphatic carbocycles. The zero-order valence-electron chi connectivity index (χ0n) is 22.1. The molecule has 7 heteroatoms. The summed E-state index contributed by atoms with van der Waals surface area (Å²) < 4.78 is 18.5. The number of carbonyl (C=O) groups is 2. The van der Waals surface area contributed by atoms with Gasteiger partial charge in [-0.25, -0.2) is 0 Å². The average molecular weight is 655 g/mol. The van der Waals surface area contributed by atoms with Gasteiger partial charge in [0.25, 0.3) is 0 Å². The molecule has 0 saturated carbocycles. The summed E-state index contributed by atoms with van der Waals surface area (Å²) in [5.41, 5.74) is -1.03. The molecule has 0 spiro atoms. The summed E-state index contributed by atoms with van der Waals surface area (Å²) in [5, 5.41) is 0. The number of rotatable bonds is 14. The van der Waals surface area contributed by atoms with E-state index in [2.05, 4.69) is 27.7 Å². The first kappa shape index (κ1) is 31.4. The summed E-state index contributed by atoms with van der Waals surface area (Å²) in [4.78, 5) is 33.9. The monoisotopic (exact) mass is 657 g/mol. The van der Waals surface area contributed by atoms with Crippen molar-refractivity contribution in [3.8, 4) is 0 Å². The number of carbonyl (C=O) groups excluding carboxylic acids is 2. The van der Waals surface area contributed by atoms with Crippen molar-refractivity contribution in [1.82, 2.24) is 0 Å². The van der Waals surface area contributed by atoms with E-state index in [0.29, 0.717) is 18.3 Å². The first-order valence-corrected chi connectivity index (χ1v) is 28.0. The normalized spacial score (nSPS) is 17.5. The molecule has 0 aliphatic heterocycles. The molecule has 5 nitrogen and oxygen atoms in total. The molecule has 0 aromatic heterocycles. The molecule has 0 saturated heterocycles. The fourth-order valence-corrected chi connectivity index (χ4v) is 35.2. The van der Waals surface area contributed by atoms with E-state index >= 15 is 0 Å². The Labute approximate surface area is 202 Å². The standard InChI is InChI=1S/C10H20O2.C10H18O2.4CH3.O.2Sn/c2*1-5-10(4,9(11)12)7-6-8(2)3;;;;;;;/h8H,5-7H2,1-4H3,(H,11,12);8H,2,5-7H2,1,3-4H3;4*1H3;;;/q;;;;;;;2*+1/p-1. The van der Waals surface area contributed by atoms with Gasteiger partial charge in [0.1, 0.15) is 0 Å². The third kappa shape index (κ3) is 11.4. The molecule has 0 aromatic rings. The molecule has 0 radical (unpaired) electrons. The van der Waals surface area contributed by atoms with Crippen LogP contribution < -0.4 is 0 Å². The fraction of sp³-hybridized carbons (Fsp3) is 0.875. The van der Waals surface area contributed by atoms with Gasteiger partial charge in [-0.15, -0.1) is 0 Å². The molecule has 182 valence electrons. The summed E-state index contributed by atoms with van der Waals surface area (Å²) in [6.07, 6.45) is 4.88. The van der Waals surface area contributed by atoms with Crippen molar-refractivity contribution in [2.45, 2.75) is 107 Å². The van der Waals surface area contributed by atoms with Crippen molar-refractivity contribution in [1.29, 1.82) is 0 Å². The first-order valence-electron chi connectivity index (χ1n) is 11.9. The van der Waals surface area contributed by atoms with Gasteiger partial charge < -0.3 is 0 Å². The van der Waals surface area contributed by atoms with Crippen LogP contribution >= 0.6 is 0 Å². The second-order valence-corrected chi connectivity index (χ2v) is 32.7. The third-order valence-electron chi connectivity index (χ3n) is 6.18. The van der Waals surface area contributed by atoms with Crippen molar-refractivity contribution in [2.75, 3.05) is 0 Å². The Balaban J connectivity index is 5.20. The SMILES string of the molecule is [CH2+]C(C)CCC(C)(CC)C(=O)[O][Sn]([CH3])([CH3])[O][Sn]([CH3])([CH3])[O]C(=O)C(C)(CC)CCC(C)C. The van der Waals surface area contributed by atoms with Crippen molar-refractivity contribution in [3.63, 3.8) is 0 Å². The van der Waals surface area contributed by atoms with E-state index in [1.807, 2.05) is 47.5 Å². The van der Waals surface area contributed by atoms with Crippen LogP contribution in [0.15, 0.2) is 0 Å². The molecule has 0 N–H and O–H groups in total. The van der Waals surface area contributed by atoms with Crippen LogP contribution in [0.3, 0.4) is 0 Å². The van der Waals surface area contributed by atoms with Crippen molar-refractivity contribution < 1.29 is 17.1 Å². The molecule has 3 atom stereocenters. The van der Waals surface area contributed by atoms with Gasteiger partial charge in [0.15, 0.2) is 0 Å². The Hall–Kier alpha value is 0.367. The van der Waals surface area contributed by atoms with Crippen molar-refractivity contribution >= 4 is 50.3 Å². The van der Waals surface area contributed by atoms with E-state index < -0.39 is 49.2 Å². The zero-order valence-corrected chi connectivity index (χ0v) is 27.9. The molecule has 0 heterocycles.